The van der Waals surface area contributed by atoms with Crippen LogP contribution < -0.4 is 0 Å². The third-order valence-corrected chi connectivity index (χ3v) is 7.00. The van der Waals surface area contributed by atoms with Crippen molar-refractivity contribution < 1.29 is 18.4 Å². The third kappa shape index (κ3) is 10.9. The molecule has 0 bridgehead atoms. The van der Waals surface area contributed by atoms with Crippen LogP contribution in [0.4, 0.5) is 0 Å². The molecule has 0 N–H and O–H groups in total. The van der Waals surface area contributed by atoms with Gasteiger partial charge in [-0.2, -0.15) is 0 Å². The van der Waals surface area contributed by atoms with Crippen LogP contribution in [0, 0.1) is 0 Å². The molecule has 0 radical (unpaired) electrons. The van der Waals surface area contributed by atoms with Crippen LogP contribution in [0.2, 0.25) is 0 Å². The molecule has 1 atom stereocenters. The van der Waals surface area contributed by atoms with Crippen molar-refractivity contribution in [2.75, 3.05) is 13.2 Å². The van der Waals surface area contributed by atoms with E-state index in [-0.39, 0.29) is 13.2 Å². The SMILES string of the molecule is CCCCCCCCCCCCC(C(=O)Cl)P(=O)(OCC)OCC. The lowest BCUT2D eigenvalue weighted by atomic mass is 10.1. The van der Waals surface area contributed by atoms with Crippen LogP contribution in [0.1, 0.15) is 91.4 Å². The van der Waals surface area contributed by atoms with Crippen molar-refractivity contribution in [3.05, 3.63) is 0 Å². The molecule has 0 aromatic carbocycles. The Morgan fingerprint density at radius 1 is 0.833 bits per heavy atom. The quantitative estimate of drug-likeness (QED) is 0.159. The fourth-order valence-corrected chi connectivity index (χ4v) is 5.17. The highest BCUT2D eigenvalue weighted by atomic mass is 35.5. The van der Waals surface area contributed by atoms with Crippen LogP contribution in [0.3, 0.4) is 0 Å². The molecule has 0 aliphatic carbocycles. The van der Waals surface area contributed by atoms with E-state index in [1.54, 1.807) is 13.8 Å². The lowest BCUT2D eigenvalue weighted by molar-refractivity contribution is -0.111. The lowest BCUT2D eigenvalue weighted by Crippen LogP contribution is -2.20. The summed E-state index contributed by atoms with van der Waals surface area (Å²) in [5.41, 5.74) is -0.840. The van der Waals surface area contributed by atoms with Gasteiger partial charge >= 0.3 is 7.60 Å². The van der Waals surface area contributed by atoms with E-state index in [1.165, 1.54) is 44.9 Å². The molecule has 144 valence electrons. The Bertz CT molecular complexity index is 353. The Morgan fingerprint density at radius 3 is 1.62 bits per heavy atom. The summed E-state index contributed by atoms with van der Waals surface area (Å²) in [7, 11) is -3.44. The van der Waals surface area contributed by atoms with Crippen LogP contribution in [0.15, 0.2) is 0 Å². The predicted molar refractivity (Wildman–Crippen MR) is 102 cm³/mol. The van der Waals surface area contributed by atoms with Crippen molar-refractivity contribution in [2.45, 2.75) is 97.1 Å². The Balaban J connectivity index is 4.01. The number of hydrogen-bond donors (Lipinski definition) is 0. The second kappa shape index (κ2) is 15.4. The number of hydrogen-bond acceptors (Lipinski definition) is 4. The van der Waals surface area contributed by atoms with Gasteiger partial charge in [0.15, 0.2) is 0 Å². The first-order chi connectivity index (χ1) is 11.5. The second-order valence-corrected chi connectivity index (χ2v) is 8.76. The molecule has 0 heterocycles. The topological polar surface area (TPSA) is 52.6 Å². The van der Waals surface area contributed by atoms with Gasteiger partial charge in [0.2, 0.25) is 5.24 Å². The molecule has 0 aliphatic heterocycles. The van der Waals surface area contributed by atoms with Crippen molar-refractivity contribution >= 4 is 24.4 Å². The highest BCUT2D eigenvalue weighted by Crippen LogP contribution is 2.55. The molecule has 4 nitrogen and oxygen atoms in total. The fraction of sp³-hybridized carbons (Fsp3) is 0.944. The minimum Gasteiger partial charge on any atom is -0.308 e. The van der Waals surface area contributed by atoms with Crippen molar-refractivity contribution in [1.29, 1.82) is 0 Å². The molecule has 0 aromatic heterocycles. The van der Waals surface area contributed by atoms with Crippen molar-refractivity contribution in [3.8, 4) is 0 Å². The van der Waals surface area contributed by atoms with Crippen molar-refractivity contribution in [2.24, 2.45) is 0 Å². The van der Waals surface area contributed by atoms with E-state index in [0.717, 1.165) is 19.3 Å². The molecule has 0 spiro atoms. The summed E-state index contributed by atoms with van der Waals surface area (Å²) >= 11 is 5.65. The van der Waals surface area contributed by atoms with Gasteiger partial charge in [0.05, 0.1) is 13.2 Å². The molecule has 6 heteroatoms. The zero-order valence-electron chi connectivity index (χ0n) is 15.7. The average Bonchev–Trinajstić information content (AvgIpc) is 2.52. The molecular weight excluding hydrogens is 347 g/mol. The van der Waals surface area contributed by atoms with Crippen LogP contribution in [0.5, 0.6) is 0 Å². The predicted octanol–water partition coefficient (Wildman–Crippen LogP) is 6.70. The van der Waals surface area contributed by atoms with Gasteiger partial charge in [-0.15, -0.1) is 0 Å². The van der Waals surface area contributed by atoms with Crippen molar-refractivity contribution in [3.63, 3.8) is 0 Å². The van der Waals surface area contributed by atoms with E-state index < -0.39 is 18.5 Å². The van der Waals surface area contributed by atoms with E-state index >= 15 is 0 Å². The molecular formula is C18H36ClO4P. The van der Waals surface area contributed by atoms with Crippen LogP contribution in [-0.4, -0.2) is 24.1 Å². The normalized spacial score (nSPS) is 13.2. The Morgan fingerprint density at radius 2 is 1.25 bits per heavy atom. The smallest absolute Gasteiger partial charge is 0.308 e. The van der Waals surface area contributed by atoms with E-state index in [2.05, 4.69) is 6.92 Å². The van der Waals surface area contributed by atoms with Gasteiger partial charge in [0, 0.05) is 0 Å². The number of halogens is 1. The van der Waals surface area contributed by atoms with Gasteiger partial charge in [-0.25, -0.2) is 0 Å². The zero-order valence-corrected chi connectivity index (χ0v) is 17.4. The highest BCUT2D eigenvalue weighted by Gasteiger charge is 2.39. The lowest BCUT2D eigenvalue weighted by Gasteiger charge is -2.23. The summed E-state index contributed by atoms with van der Waals surface area (Å²) in [5.74, 6) is 0. The minimum absolute atomic E-state index is 0.246. The van der Waals surface area contributed by atoms with Gasteiger partial charge in [-0.1, -0.05) is 71.1 Å². The van der Waals surface area contributed by atoms with Crippen LogP contribution >= 0.6 is 19.2 Å². The van der Waals surface area contributed by atoms with E-state index in [1.807, 2.05) is 0 Å². The molecule has 0 amide bonds. The molecule has 0 aromatic rings. The third-order valence-electron chi connectivity index (χ3n) is 4.09. The summed E-state index contributed by atoms with van der Waals surface area (Å²) in [4.78, 5) is 11.7. The average molecular weight is 383 g/mol. The monoisotopic (exact) mass is 382 g/mol. The summed E-state index contributed by atoms with van der Waals surface area (Å²) in [6.07, 6.45) is 12.6. The minimum atomic E-state index is -3.44. The van der Waals surface area contributed by atoms with E-state index in [4.69, 9.17) is 20.6 Å². The summed E-state index contributed by atoms with van der Waals surface area (Å²) in [5, 5.41) is -0.615. The number of carbonyl (C=O) groups excluding carboxylic acids is 1. The van der Waals surface area contributed by atoms with Gasteiger partial charge in [-0.3, -0.25) is 9.36 Å². The van der Waals surface area contributed by atoms with E-state index in [0.29, 0.717) is 6.42 Å². The maximum Gasteiger partial charge on any atom is 0.342 e. The van der Waals surface area contributed by atoms with Gasteiger partial charge in [-0.05, 0) is 31.9 Å². The summed E-state index contributed by atoms with van der Waals surface area (Å²) in [6.45, 7) is 6.20. The maximum atomic E-state index is 12.7. The molecule has 0 rings (SSSR count). The summed E-state index contributed by atoms with van der Waals surface area (Å²) < 4.78 is 23.2. The summed E-state index contributed by atoms with van der Waals surface area (Å²) in [6, 6.07) is 0. The number of rotatable bonds is 17. The molecule has 0 fully saturated rings. The molecule has 0 saturated carbocycles. The largest absolute Gasteiger partial charge is 0.342 e. The second-order valence-electron chi connectivity index (χ2n) is 6.17. The molecule has 0 aliphatic rings. The fourth-order valence-electron chi connectivity index (χ4n) is 2.80. The van der Waals surface area contributed by atoms with Gasteiger partial charge < -0.3 is 9.05 Å². The highest BCUT2D eigenvalue weighted by molar-refractivity contribution is 7.56. The first kappa shape index (κ1) is 24.1. The molecule has 24 heavy (non-hydrogen) atoms. The molecule has 1 unspecified atom stereocenters. The first-order valence-electron chi connectivity index (χ1n) is 9.59. The van der Waals surface area contributed by atoms with Crippen molar-refractivity contribution in [1.82, 2.24) is 0 Å². The van der Waals surface area contributed by atoms with E-state index in [9.17, 15) is 9.36 Å². The number of unbranched alkanes of at least 4 members (excludes halogenated alkanes) is 9. The van der Waals surface area contributed by atoms with Crippen LogP contribution in [-0.2, 0) is 18.4 Å². The number of carbonyl (C=O) groups is 1. The Kier molecular flexibility index (Phi) is 15.4. The Labute approximate surface area is 153 Å². The first-order valence-corrected chi connectivity index (χ1v) is 11.6. The Hall–Kier alpha value is 0.110. The zero-order chi connectivity index (χ0) is 18.3. The van der Waals surface area contributed by atoms with Gasteiger partial charge in [0.1, 0.15) is 5.66 Å². The standard InChI is InChI=1S/C18H36ClO4P/c1-4-7-8-9-10-11-12-13-14-15-16-17(18(19)20)24(21,22-5-2)23-6-3/h17H,4-16H2,1-3H3. The maximum absolute atomic E-state index is 12.7. The van der Waals surface area contributed by atoms with Gasteiger partial charge in [0.25, 0.3) is 0 Å². The van der Waals surface area contributed by atoms with Crippen LogP contribution in [0.25, 0.3) is 0 Å². The molecule has 0 saturated heterocycles.